The number of aromatic nitrogens is 1. The molecule has 0 aliphatic rings. The van der Waals surface area contributed by atoms with Crippen molar-refractivity contribution in [3.05, 3.63) is 42.5 Å². The fourth-order valence-corrected chi connectivity index (χ4v) is 1.31. The Morgan fingerprint density at radius 1 is 0.857 bits per heavy atom. The van der Waals surface area contributed by atoms with Gasteiger partial charge in [-0.25, -0.2) is 4.98 Å². The van der Waals surface area contributed by atoms with Gasteiger partial charge in [-0.1, -0.05) is 30.3 Å². The van der Waals surface area contributed by atoms with Gasteiger partial charge in [0, 0.05) is 5.56 Å². The van der Waals surface area contributed by atoms with Crippen molar-refractivity contribution < 1.29 is 0 Å². The van der Waals surface area contributed by atoms with E-state index in [1.165, 1.54) is 0 Å². The zero-order valence-electron chi connectivity index (χ0n) is 7.64. The van der Waals surface area contributed by atoms with E-state index in [1.54, 1.807) is 12.1 Å². The second kappa shape index (κ2) is 3.38. The monoisotopic (exact) mass is 185 g/mol. The van der Waals surface area contributed by atoms with E-state index < -0.39 is 0 Å². The normalized spacial score (nSPS) is 10.0. The highest BCUT2D eigenvalue weighted by Crippen LogP contribution is 2.23. The molecule has 14 heavy (non-hydrogen) atoms. The van der Waals surface area contributed by atoms with Crippen molar-refractivity contribution in [2.45, 2.75) is 0 Å². The van der Waals surface area contributed by atoms with E-state index in [1.807, 2.05) is 30.3 Å². The van der Waals surface area contributed by atoms with Crippen LogP contribution in [0.5, 0.6) is 0 Å². The Labute approximate surface area is 82.4 Å². The SMILES string of the molecule is Nc1ccc(N)c(-c2ccccc2)n1. The zero-order valence-corrected chi connectivity index (χ0v) is 7.64. The summed E-state index contributed by atoms with van der Waals surface area (Å²) in [7, 11) is 0. The summed E-state index contributed by atoms with van der Waals surface area (Å²) >= 11 is 0. The third-order valence-electron chi connectivity index (χ3n) is 2.00. The largest absolute Gasteiger partial charge is 0.397 e. The van der Waals surface area contributed by atoms with Crippen LogP contribution in [0.1, 0.15) is 0 Å². The highest BCUT2D eigenvalue weighted by atomic mass is 14.9. The number of nitrogens with zero attached hydrogens (tertiary/aromatic N) is 1. The van der Waals surface area contributed by atoms with Gasteiger partial charge in [-0.05, 0) is 12.1 Å². The van der Waals surface area contributed by atoms with E-state index in [9.17, 15) is 0 Å². The number of nitrogens with two attached hydrogens (primary N) is 2. The van der Waals surface area contributed by atoms with Gasteiger partial charge >= 0.3 is 0 Å². The molecular weight excluding hydrogens is 174 g/mol. The molecule has 0 aliphatic carbocycles. The van der Waals surface area contributed by atoms with Gasteiger partial charge in [-0.15, -0.1) is 0 Å². The summed E-state index contributed by atoms with van der Waals surface area (Å²) in [5, 5.41) is 0. The van der Waals surface area contributed by atoms with Gasteiger partial charge in [0.05, 0.1) is 11.4 Å². The van der Waals surface area contributed by atoms with E-state index in [2.05, 4.69) is 4.98 Å². The smallest absolute Gasteiger partial charge is 0.124 e. The van der Waals surface area contributed by atoms with Crippen molar-refractivity contribution in [1.82, 2.24) is 4.98 Å². The molecule has 0 bridgehead atoms. The van der Waals surface area contributed by atoms with Crippen LogP contribution in [0.15, 0.2) is 42.5 Å². The minimum atomic E-state index is 0.484. The van der Waals surface area contributed by atoms with Crippen molar-refractivity contribution >= 4 is 11.5 Å². The van der Waals surface area contributed by atoms with E-state index in [0.717, 1.165) is 11.3 Å². The van der Waals surface area contributed by atoms with Crippen LogP contribution < -0.4 is 11.5 Å². The second-order valence-electron chi connectivity index (χ2n) is 3.04. The van der Waals surface area contributed by atoms with Gasteiger partial charge in [0.25, 0.3) is 0 Å². The van der Waals surface area contributed by atoms with Gasteiger partial charge in [0.2, 0.25) is 0 Å². The average Bonchev–Trinajstić information content (AvgIpc) is 2.23. The standard InChI is InChI=1S/C11H11N3/c12-9-6-7-10(13)14-11(9)8-4-2-1-3-5-8/h1-7H,12H2,(H2,13,14). The first-order valence-corrected chi connectivity index (χ1v) is 4.35. The fourth-order valence-electron chi connectivity index (χ4n) is 1.31. The van der Waals surface area contributed by atoms with Gasteiger partial charge < -0.3 is 11.5 Å². The molecule has 0 radical (unpaired) electrons. The molecule has 1 aromatic heterocycles. The molecule has 3 heteroatoms. The van der Waals surface area contributed by atoms with Crippen molar-refractivity contribution in [1.29, 1.82) is 0 Å². The van der Waals surface area contributed by atoms with E-state index in [0.29, 0.717) is 11.5 Å². The van der Waals surface area contributed by atoms with Crippen LogP contribution in [-0.2, 0) is 0 Å². The average molecular weight is 185 g/mol. The number of nitrogen functional groups attached to an aromatic ring is 2. The number of rotatable bonds is 1. The maximum Gasteiger partial charge on any atom is 0.124 e. The minimum absolute atomic E-state index is 0.484. The lowest BCUT2D eigenvalue weighted by Gasteiger charge is -2.04. The third kappa shape index (κ3) is 1.52. The molecule has 70 valence electrons. The van der Waals surface area contributed by atoms with E-state index >= 15 is 0 Å². The van der Waals surface area contributed by atoms with Crippen LogP contribution in [-0.4, -0.2) is 4.98 Å². The molecule has 0 unspecified atom stereocenters. The summed E-state index contributed by atoms with van der Waals surface area (Å²) in [6.07, 6.45) is 0. The number of anilines is 2. The highest BCUT2D eigenvalue weighted by Gasteiger charge is 2.03. The van der Waals surface area contributed by atoms with Crippen LogP contribution >= 0.6 is 0 Å². The number of pyridine rings is 1. The van der Waals surface area contributed by atoms with Crippen molar-refractivity contribution in [3.8, 4) is 11.3 Å². The number of hydrogen-bond acceptors (Lipinski definition) is 3. The summed E-state index contributed by atoms with van der Waals surface area (Å²) in [6, 6.07) is 13.2. The molecular formula is C11H11N3. The predicted molar refractivity (Wildman–Crippen MR) is 58.5 cm³/mol. The van der Waals surface area contributed by atoms with Gasteiger partial charge in [0.15, 0.2) is 0 Å². The second-order valence-corrected chi connectivity index (χ2v) is 3.04. The van der Waals surface area contributed by atoms with Crippen molar-refractivity contribution in [2.24, 2.45) is 0 Å². The zero-order chi connectivity index (χ0) is 9.97. The van der Waals surface area contributed by atoms with Gasteiger partial charge in [-0.2, -0.15) is 0 Å². The first-order chi connectivity index (χ1) is 6.77. The molecule has 1 aromatic carbocycles. The Morgan fingerprint density at radius 2 is 1.57 bits per heavy atom. The Hall–Kier alpha value is -2.03. The van der Waals surface area contributed by atoms with E-state index in [4.69, 9.17) is 11.5 Å². The van der Waals surface area contributed by atoms with Crippen molar-refractivity contribution in [3.63, 3.8) is 0 Å². The molecule has 2 rings (SSSR count). The van der Waals surface area contributed by atoms with Crippen LogP contribution in [0.4, 0.5) is 11.5 Å². The molecule has 4 N–H and O–H groups in total. The lowest BCUT2D eigenvalue weighted by molar-refractivity contribution is 1.34. The number of hydrogen-bond donors (Lipinski definition) is 2. The topological polar surface area (TPSA) is 64.9 Å². The van der Waals surface area contributed by atoms with E-state index in [-0.39, 0.29) is 0 Å². The molecule has 0 aliphatic heterocycles. The molecule has 0 atom stereocenters. The minimum Gasteiger partial charge on any atom is -0.397 e. The summed E-state index contributed by atoms with van der Waals surface area (Å²) in [6.45, 7) is 0. The Morgan fingerprint density at radius 3 is 2.29 bits per heavy atom. The van der Waals surface area contributed by atoms with Gasteiger partial charge in [-0.3, -0.25) is 0 Å². The maximum absolute atomic E-state index is 5.80. The molecule has 3 nitrogen and oxygen atoms in total. The van der Waals surface area contributed by atoms with Crippen molar-refractivity contribution in [2.75, 3.05) is 11.5 Å². The molecule has 1 heterocycles. The Bertz CT molecular complexity index is 438. The summed E-state index contributed by atoms with van der Waals surface area (Å²) in [4.78, 5) is 4.20. The van der Waals surface area contributed by atoms with Crippen LogP contribution in [0.2, 0.25) is 0 Å². The predicted octanol–water partition coefficient (Wildman–Crippen LogP) is 1.91. The van der Waals surface area contributed by atoms with Crippen LogP contribution in [0, 0.1) is 0 Å². The summed E-state index contributed by atoms with van der Waals surface area (Å²) in [5.74, 6) is 0.484. The number of benzene rings is 1. The lowest BCUT2D eigenvalue weighted by Crippen LogP contribution is -1.97. The van der Waals surface area contributed by atoms with Crippen LogP contribution in [0.25, 0.3) is 11.3 Å². The molecule has 0 amide bonds. The summed E-state index contributed by atoms with van der Waals surface area (Å²) in [5.41, 5.74) is 13.8. The lowest BCUT2D eigenvalue weighted by atomic mass is 10.1. The summed E-state index contributed by atoms with van der Waals surface area (Å²) < 4.78 is 0. The molecule has 0 spiro atoms. The molecule has 0 saturated heterocycles. The Balaban J connectivity index is 2.57. The molecule has 0 fully saturated rings. The van der Waals surface area contributed by atoms with Crippen LogP contribution in [0.3, 0.4) is 0 Å². The molecule has 2 aromatic rings. The maximum atomic E-state index is 5.80. The quantitative estimate of drug-likeness (QED) is 0.713. The molecule has 0 saturated carbocycles. The highest BCUT2D eigenvalue weighted by molar-refractivity contribution is 5.73. The fraction of sp³-hybridized carbons (Fsp3) is 0. The first-order valence-electron chi connectivity index (χ1n) is 4.35. The van der Waals surface area contributed by atoms with Gasteiger partial charge in [0.1, 0.15) is 5.82 Å². The third-order valence-corrected chi connectivity index (χ3v) is 2.00. The first kappa shape index (κ1) is 8.56. The Kier molecular flexibility index (Phi) is 2.07.